The van der Waals surface area contributed by atoms with Gasteiger partial charge in [-0.2, -0.15) is 0 Å². The Kier molecular flexibility index (Phi) is 8.66. The highest BCUT2D eigenvalue weighted by Crippen LogP contribution is 2.51. The van der Waals surface area contributed by atoms with Crippen LogP contribution in [0.3, 0.4) is 0 Å². The van der Waals surface area contributed by atoms with Gasteiger partial charge in [0.2, 0.25) is 0 Å². The second-order valence-corrected chi connectivity index (χ2v) is 21.3. The molecule has 0 fully saturated rings. The van der Waals surface area contributed by atoms with E-state index in [0.29, 0.717) is 0 Å². The molecule has 0 radical (unpaired) electrons. The predicted molar refractivity (Wildman–Crippen MR) is 283 cm³/mol. The van der Waals surface area contributed by atoms with Crippen molar-refractivity contribution in [2.75, 3.05) is 0 Å². The van der Waals surface area contributed by atoms with Crippen molar-refractivity contribution >= 4 is 76.2 Å². The Morgan fingerprint density at radius 1 is 0.288 bits per heavy atom. The van der Waals surface area contributed by atoms with Crippen LogP contribution in [0.15, 0.2) is 154 Å². The Labute approximate surface area is 386 Å². The largest absolute Gasteiger partial charge is 0.455 e. The molecule has 12 aromatic rings. The summed E-state index contributed by atoms with van der Waals surface area (Å²) in [6, 6.07) is 55.0. The van der Waals surface area contributed by atoms with Crippen LogP contribution in [-0.4, -0.2) is 0 Å². The topological polar surface area (TPSA) is 26.3 Å². The molecule has 0 atom stereocenters. The van der Waals surface area contributed by atoms with Crippen LogP contribution < -0.4 is 0 Å². The van der Waals surface area contributed by atoms with Crippen molar-refractivity contribution in [3.05, 3.63) is 179 Å². The predicted octanol–water partition coefficient (Wildman–Crippen LogP) is 18.9. The van der Waals surface area contributed by atoms with E-state index >= 15 is 0 Å². The smallest absolute Gasteiger partial charge is 0.143 e. The zero-order chi connectivity index (χ0) is 45.6. The molecular weight excluding hydrogens is 801 g/mol. The molecule has 12 rings (SSSR count). The molecule has 0 spiro atoms. The van der Waals surface area contributed by atoms with Crippen LogP contribution in [0.1, 0.15) is 74.9 Å². The number of rotatable bonds is 4. The molecule has 0 unspecified atom stereocenters. The van der Waals surface area contributed by atoms with E-state index in [-0.39, 0.29) is 10.8 Å². The van der Waals surface area contributed by atoms with Crippen LogP contribution >= 0.6 is 0 Å². The van der Waals surface area contributed by atoms with Gasteiger partial charge in [-0.1, -0.05) is 161 Å². The Hall–Kier alpha value is -7.16. The molecule has 0 aliphatic carbocycles. The SMILES string of the molecule is Cc1cc(C)cc(-c2cc3c4oc5cc(-c6ccc(C(C)(C)C)cc6)ccc5c4cc4c(-c5cc(C)cc(C)c5)cc5c6oc7cc(-c8ccc(C(C)(C)C)cc8)ccc7c6cc2c5c43)c1. The summed E-state index contributed by atoms with van der Waals surface area (Å²) in [7, 11) is 0. The molecule has 0 aliphatic heterocycles. The summed E-state index contributed by atoms with van der Waals surface area (Å²) in [5, 5.41) is 11.6. The van der Waals surface area contributed by atoms with E-state index < -0.39 is 0 Å². The second kappa shape index (κ2) is 14.2. The average molecular weight is 855 g/mol. The van der Waals surface area contributed by atoms with Gasteiger partial charge in [-0.3, -0.25) is 0 Å². The van der Waals surface area contributed by atoms with Crippen LogP contribution in [0.25, 0.3) is 121 Å². The van der Waals surface area contributed by atoms with E-state index in [9.17, 15) is 0 Å². The van der Waals surface area contributed by atoms with E-state index in [1.165, 1.54) is 88.3 Å². The van der Waals surface area contributed by atoms with Crippen LogP contribution in [0.2, 0.25) is 0 Å². The molecule has 0 saturated carbocycles. The normalized spacial score (nSPS) is 12.7. The molecule has 0 saturated heterocycles. The minimum absolute atomic E-state index is 0.0905. The van der Waals surface area contributed by atoms with Gasteiger partial charge in [-0.05, 0) is 153 Å². The molecule has 0 N–H and O–H groups in total. The third-order valence-corrected chi connectivity index (χ3v) is 14.2. The van der Waals surface area contributed by atoms with Gasteiger partial charge in [0.25, 0.3) is 0 Å². The second-order valence-electron chi connectivity index (χ2n) is 21.3. The molecule has 2 aromatic heterocycles. The first-order valence-corrected chi connectivity index (χ1v) is 23.5. The van der Waals surface area contributed by atoms with Gasteiger partial charge in [-0.25, -0.2) is 0 Å². The molecule has 66 heavy (non-hydrogen) atoms. The molecule has 2 nitrogen and oxygen atoms in total. The Morgan fingerprint density at radius 3 is 0.985 bits per heavy atom. The van der Waals surface area contributed by atoms with Crippen molar-refractivity contribution < 1.29 is 8.83 Å². The third-order valence-electron chi connectivity index (χ3n) is 14.2. The maximum Gasteiger partial charge on any atom is 0.143 e. The summed E-state index contributed by atoms with van der Waals surface area (Å²) in [4.78, 5) is 0. The van der Waals surface area contributed by atoms with Crippen LogP contribution in [0.4, 0.5) is 0 Å². The minimum Gasteiger partial charge on any atom is -0.455 e. The summed E-state index contributed by atoms with van der Waals surface area (Å²) in [6.07, 6.45) is 0. The van der Waals surface area contributed by atoms with Gasteiger partial charge >= 0.3 is 0 Å². The fourth-order valence-corrected chi connectivity index (χ4v) is 11.0. The summed E-state index contributed by atoms with van der Waals surface area (Å²) < 4.78 is 14.3. The maximum atomic E-state index is 7.16. The number of aryl methyl sites for hydroxylation is 4. The quantitative estimate of drug-likeness (QED) is 0.165. The van der Waals surface area contributed by atoms with E-state index in [0.717, 1.165) is 65.8 Å². The maximum absolute atomic E-state index is 7.16. The van der Waals surface area contributed by atoms with E-state index in [1.807, 2.05) is 0 Å². The summed E-state index contributed by atoms with van der Waals surface area (Å²) in [5.74, 6) is 0. The van der Waals surface area contributed by atoms with Gasteiger partial charge in [-0.15, -0.1) is 0 Å². The van der Waals surface area contributed by atoms with Crippen molar-refractivity contribution in [1.82, 2.24) is 0 Å². The number of hydrogen-bond donors (Lipinski definition) is 0. The molecular formula is C64H54O2. The molecule has 10 aromatic carbocycles. The van der Waals surface area contributed by atoms with Crippen molar-refractivity contribution in [3.63, 3.8) is 0 Å². The van der Waals surface area contributed by atoms with Crippen LogP contribution in [0, 0.1) is 27.7 Å². The zero-order valence-electron chi connectivity index (χ0n) is 39.7. The van der Waals surface area contributed by atoms with Gasteiger partial charge in [0, 0.05) is 43.1 Å². The molecule has 2 heterocycles. The number of benzene rings is 10. The summed E-state index contributed by atoms with van der Waals surface area (Å²) in [5.41, 5.74) is 20.9. The Bertz CT molecular complexity index is 3650. The lowest BCUT2D eigenvalue weighted by molar-refractivity contribution is 0.590. The molecule has 322 valence electrons. The number of hydrogen-bond acceptors (Lipinski definition) is 2. The lowest BCUT2D eigenvalue weighted by Crippen LogP contribution is -2.10. The minimum atomic E-state index is 0.0905. The highest BCUT2D eigenvalue weighted by molar-refractivity contribution is 6.38. The van der Waals surface area contributed by atoms with Crippen molar-refractivity contribution in [1.29, 1.82) is 0 Å². The van der Waals surface area contributed by atoms with Gasteiger partial charge < -0.3 is 8.83 Å². The van der Waals surface area contributed by atoms with Crippen molar-refractivity contribution in [2.24, 2.45) is 0 Å². The third kappa shape index (κ3) is 6.37. The summed E-state index contributed by atoms with van der Waals surface area (Å²) >= 11 is 0. The van der Waals surface area contributed by atoms with Gasteiger partial charge in [0.15, 0.2) is 0 Å². The van der Waals surface area contributed by atoms with Crippen LogP contribution in [-0.2, 0) is 10.8 Å². The first kappa shape index (κ1) is 40.4. The van der Waals surface area contributed by atoms with E-state index in [4.69, 9.17) is 8.83 Å². The Morgan fingerprint density at radius 2 is 0.636 bits per heavy atom. The number of fused-ring (bicyclic) bond motifs is 8. The van der Waals surface area contributed by atoms with Gasteiger partial charge in [0.05, 0.1) is 0 Å². The highest BCUT2D eigenvalue weighted by atomic mass is 16.3. The first-order chi connectivity index (χ1) is 31.6. The average Bonchev–Trinajstić information content (AvgIpc) is 3.84. The zero-order valence-corrected chi connectivity index (χ0v) is 39.7. The molecule has 2 heteroatoms. The fraction of sp³-hybridized carbons (Fsp3) is 0.188. The number of furan rings is 2. The lowest BCUT2D eigenvalue weighted by atomic mass is 9.83. The van der Waals surface area contributed by atoms with E-state index in [1.54, 1.807) is 0 Å². The molecule has 0 bridgehead atoms. The van der Waals surface area contributed by atoms with Crippen molar-refractivity contribution in [3.8, 4) is 44.5 Å². The summed E-state index contributed by atoms with van der Waals surface area (Å²) in [6.45, 7) is 22.4. The van der Waals surface area contributed by atoms with Gasteiger partial charge in [0.1, 0.15) is 22.3 Å². The Balaban J connectivity index is 1.19. The monoisotopic (exact) mass is 854 g/mol. The lowest BCUT2D eigenvalue weighted by Gasteiger charge is -2.19. The standard InChI is InChI=1S/C64H54O2/c1-35-23-36(2)26-43(25-35)49-31-55-60-52(34-54-48-22-16-42(30-58(48)65-61(54)55)40-13-19-46(20-14-40)64(8,9)10)50(44-27-37(3)24-38(4)28-44)32-56-59(60)51(49)33-53-47-21-15-41(29-57(47)66-62(53)56)39-11-17-45(18-12-39)63(5,6)7/h11-34H,1-10H3. The molecule has 0 amide bonds. The first-order valence-electron chi connectivity index (χ1n) is 23.5. The highest BCUT2D eigenvalue weighted by Gasteiger charge is 2.26. The van der Waals surface area contributed by atoms with Crippen LogP contribution in [0.5, 0.6) is 0 Å². The van der Waals surface area contributed by atoms with Crippen molar-refractivity contribution in [2.45, 2.75) is 80.1 Å². The van der Waals surface area contributed by atoms with E-state index in [2.05, 4.69) is 215 Å². The molecule has 0 aliphatic rings. The fourth-order valence-electron chi connectivity index (χ4n) is 11.0.